The van der Waals surface area contributed by atoms with E-state index in [2.05, 4.69) is 29.6 Å². The van der Waals surface area contributed by atoms with Crippen molar-refractivity contribution < 1.29 is 4.79 Å². The minimum Gasteiger partial charge on any atom is -0.345 e. The van der Waals surface area contributed by atoms with Crippen molar-refractivity contribution in [3.05, 3.63) is 107 Å². The Morgan fingerprint density at radius 2 is 1.52 bits per heavy atom. The molecule has 1 atom stereocenters. The summed E-state index contributed by atoms with van der Waals surface area (Å²) in [5.41, 5.74) is 5.26. The third-order valence-corrected chi connectivity index (χ3v) is 5.11. The van der Waals surface area contributed by atoms with Crippen LogP contribution in [0.3, 0.4) is 0 Å². The molecule has 1 N–H and O–H groups in total. The van der Waals surface area contributed by atoms with Crippen LogP contribution in [0, 0.1) is 0 Å². The van der Waals surface area contributed by atoms with Gasteiger partial charge in [-0.3, -0.25) is 4.79 Å². The lowest BCUT2D eigenvalue weighted by Crippen LogP contribution is -2.31. The topological polar surface area (TPSA) is 29.1 Å². The highest BCUT2D eigenvalue weighted by Crippen LogP contribution is 2.30. The van der Waals surface area contributed by atoms with Crippen LogP contribution in [0.1, 0.15) is 41.1 Å². The van der Waals surface area contributed by atoms with E-state index in [4.69, 9.17) is 0 Å². The Morgan fingerprint density at radius 3 is 2.30 bits per heavy atom. The molecule has 27 heavy (non-hydrogen) atoms. The number of carbonyl (C=O) groups excluding carboxylic acids is 1. The van der Waals surface area contributed by atoms with Crippen LogP contribution in [-0.4, -0.2) is 5.91 Å². The molecule has 0 saturated carbocycles. The van der Waals surface area contributed by atoms with E-state index in [1.165, 1.54) is 11.1 Å². The van der Waals surface area contributed by atoms with Gasteiger partial charge in [-0.2, -0.15) is 0 Å². The predicted octanol–water partition coefficient (Wildman–Crippen LogP) is 5.42. The number of amides is 1. The van der Waals surface area contributed by atoms with Crippen molar-refractivity contribution in [1.29, 1.82) is 0 Å². The molecule has 0 aliphatic heterocycles. The molecule has 1 aliphatic rings. The van der Waals surface area contributed by atoms with Crippen LogP contribution in [0.25, 0.3) is 11.6 Å². The molecule has 1 amide bonds. The van der Waals surface area contributed by atoms with E-state index in [0.717, 1.165) is 30.4 Å². The summed E-state index contributed by atoms with van der Waals surface area (Å²) in [4.78, 5) is 13.2. The summed E-state index contributed by atoms with van der Waals surface area (Å²) >= 11 is 0. The summed E-state index contributed by atoms with van der Waals surface area (Å²) < 4.78 is 0. The molecular formula is C25H23NO. The maximum Gasteiger partial charge on any atom is 0.252 e. The van der Waals surface area contributed by atoms with E-state index >= 15 is 0 Å². The van der Waals surface area contributed by atoms with E-state index < -0.39 is 0 Å². The van der Waals surface area contributed by atoms with Crippen LogP contribution in [0.2, 0.25) is 0 Å². The van der Waals surface area contributed by atoms with E-state index in [1.54, 1.807) is 0 Å². The van der Waals surface area contributed by atoms with E-state index in [1.807, 2.05) is 66.7 Å². The summed E-state index contributed by atoms with van der Waals surface area (Å²) in [6, 6.07) is 28.4. The highest BCUT2D eigenvalue weighted by molar-refractivity contribution is 6.24. The normalized spacial score (nSPS) is 16.4. The van der Waals surface area contributed by atoms with Crippen molar-refractivity contribution in [2.45, 2.75) is 25.3 Å². The van der Waals surface area contributed by atoms with Crippen LogP contribution in [0.4, 0.5) is 0 Å². The zero-order valence-electron chi connectivity index (χ0n) is 15.3. The number of aryl methyl sites for hydroxylation is 1. The second-order valence-electron chi connectivity index (χ2n) is 6.95. The molecule has 0 fully saturated rings. The van der Waals surface area contributed by atoms with Crippen LogP contribution in [0.5, 0.6) is 0 Å². The van der Waals surface area contributed by atoms with Gasteiger partial charge in [0.25, 0.3) is 5.91 Å². The molecule has 134 valence electrons. The number of carbonyl (C=O) groups is 1. The fourth-order valence-electron chi connectivity index (χ4n) is 3.75. The summed E-state index contributed by atoms with van der Waals surface area (Å²) in [5, 5.41) is 3.29. The first-order valence-electron chi connectivity index (χ1n) is 9.52. The van der Waals surface area contributed by atoms with E-state index in [-0.39, 0.29) is 11.9 Å². The van der Waals surface area contributed by atoms with E-state index in [0.29, 0.717) is 5.57 Å². The Kier molecular flexibility index (Phi) is 5.15. The predicted molar refractivity (Wildman–Crippen MR) is 111 cm³/mol. The number of benzene rings is 3. The summed E-state index contributed by atoms with van der Waals surface area (Å²) in [5.74, 6) is -0.0215. The monoisotopic (exact) mass is 353 g/mol. The van der Waals surface area contributed by atoms with Crippen molar-refractivity contribution in [3.8, 4) is 0 Å². The number of fused-ring (bicyclic) bond motifs is 1. The van der Waals surface area contributed by atoms with Gasteiger partial charge in [-0.15, -0.1) is 0 Å². The first-order chi connectivity index (χ1) is 13.3. The highest BCUT2D eigenvalue weighted by Gasteiger charge is 2.23. The molecule has 4 rings (SSSR count). The van der Waals surface area contributed by atoms with Gasteiger partial charge in [0.05, 0.1) is 6.04 Å². The largest absolute Gasteiger partial charge is 0.345 e. The number of hydrogen-bond acceptors (Lipinski definition) is 1. The molecule has 2 nitrogen and oxygen atoms in total. The molecule has 1 aliphatic carbocycles. The maximum absolute atomic E-state index is 13.2. The average molecular weight is 353 g/mol. The lowest BCUT2D eigenvalue weighted by molar-refractivity contribution is -0.116. The second-order valence-corrected chi connectivity index (χ2v) is 6.95. The Hall–Kier alpha value is -3.13. The van der Waals surface area contributed by atoms with Gasteiger partial charge in [0.15, 0.2) is 0 Å². The molecule has 0 heterocycles. The molecule has 2 heteroatoms. The number of rotatable bonds is 4. The lowest BCUT2D eigenvalue weighted by Gasteiger charge is -2.27. The Bertz CT molecular complexity index is 944. The van der Waals surface area contributed by atoms with Gasteiger partial charge < -0.3 is 5.32 Å². The molecule has 0 aromatic heterocycles. The molecule has 0 radical (unpaired) electrons. The van der Waals surface area contributed by atoms with Gasteiger partial charge in [-0.25, -0.2) is 0 Å². The van der Waals surface area contributed by atoms with Crippen LogP contribution >= 0.6 is 0 Å². The zero-order chi connectivity index (χ0) is 18.5. The quantitative estimate of drug-likeness (QED) is 0.492. The average Bonchev–Trinajstić information content (AvgIpc) is 2.73. The third kappa shape index (κ3) is 4.01. The number of hydrogen-bond donors (Lipinski definition) is 1. The molecule has 0 unspecified atom stereocenters. The van der Waals surface area contributed by atoms with E-state index in [9.17, 15) is 4.79 Å². The van der Waals surface area contributed by atoms with Gasteiger partial charge in [-0.1, -0.05) is 84.9 Å². The van der Waals surface area contributed by atoms with Crippen molar-refractivity contribution >= 4 is 17.6 Å². The fourth-order valence-corrected chi connectivity index (χ4v) is 3.75. The standard InChI is InChI=1S/C25H23NO/c27-25(26-24-17-9-15-20-14-7-8-16-22(20)24)23(21-12-5-2-6-13-21)18-19-10-3-1-4-11-19/h1-8,10-14,16,18,24H,9,15,17H2,(H,26,27)/b23-18+/t24-/m0/s1. The van der Waals surface area contributed by atoms with Gasteiger partial charge in [0, 0.05) is 5.57 Å². The minimum absolute atomic E-state index is 0.0215. The first kappa shape index (κ1) is 17.3. The first-order valence-corrected chi connectivity index (χ1v) is 9.52. The maximum atomic E-state index is 13.2. The Balaban J connectivity index is 1.65. The second kappa shape index (κ2) is 8.05. The summed E-state index contributed by atoms with van der Waals surface area (Å²) in [6.45, 7) is 0. The molecule has 0 bridgehead atoms. The van der Waals surface area contributed by atoms with Gasteiger partial charge in [-0.05, 0) is 47.6 Å². The number of nitrogens with one attached hydrogen (secondary N) is 1. The summed E-state index contributed by atoms with van der Waals surface area (Å²) in [7, 11) is 0. The zero-order valence-corrected chi connectivity index (χ0v) is 15.3. The smallest absolute Gasteiger partial charge is 0.252 e. The van der Waals surface area contributed by atoms with Crippen LogP contribution < -0.4 is 5.32 Å². The van der Waals surface area contributed by atoms with Crippen molar-refractivity contribution in [1.82, 2.24) is 5.32 Å². The minimum atomic E-state index is -0.0215. The lowest BCUT2D eigenvalue weighted by atomic mass is 9.87. The van der Waals surface area contributed by atoms with Gasteiger partial charge in [0.2, 0.25) is 0 Å². The van der Waals surface area contributed by atoms with Crippen molar-refractivity contribution in [2.75, 3.05) is 0 Å². The third-order valence-electron chi connectivity index (χ3n) is 5.11. The van der Waals surface area contributed by atoms with Crippen molar-refractivity contribution in [2.24, 2.45) is 0 Å². The van der Waals surface area contributed by atoms with Gasteiger partial charge in [0.1, 0.15) is 0 Å². The SMILES string of the molecule is O=C(N[C@H]1CCCc2ccccc21)/C(=C/c1ccccc1)c1ccccc1. The fraction of sp³-hybridized carbons (Fsp3) is 0.160. The Morgan fingerprint density at radius 1 is 0.852 bits per heavy atom. The van der Waals surface area contributed by atoms with Crippen LogP contribution in [0.15, 0.2) is 84.9 Å². The van der Waals surface area contributed by atoms with Crippen molar-refractivity contribution in [3.63, 3.8) is 0 Å². The molecule has 3 aromatic rings. The molecule has 0 spiro atoms. The Labute approximate surface area is 160 Å². The molecule has 0 saturated heterocycles. The summed E-state index contributed by atoms with van der Waals surface area (Å²) in [6.07, 6.45) is 5.15. The molecular weight excluding hydrogens is 330 g/mol. The van der Waals surface area contributed by atoms with Gasteiger partial charge >= 0.3 is 0 Å². The highest BCUT2D eigenvalue weighted by atomic mass is 16.1. The molecule has 3 aromatic carbocycles. The van der Waals surface area contributed by atoms with Crippen LogP contribution in [-0.2, 0) is 11.2 Å².